The van der Waals surface area contributed by atoms with Crippen LogP contribution in [-0.2, 0) is 4.74 Å². The van der Waals surface area contributed by atoms with Crippen LogP contribution in [0.4, 0.5) is 10.6 Å². The third-order valence-electron chi connectivity index (χ3n) is 3.31. The van der Waals surface area contributed by atoms with E-state index in [1.807, 2.05) is 20.8 Å². The van der Waals surface area contributed by atoms with Crippen LogP contribution in [-0.4, -0.2) is 39.7 Å². The summed E-state index contributed by atoms with van der Waals surface area (Å²) in [6.45, 7) is 6.90. The number of ether oxygens (including phenoxy) is 1. The molecule has 1 amide bonds. The van der Waals surface area contributed by atoms with Crippen LogP contribution in [0.2, 0.25) is 0 Å². The first-order chi connectivity index (χ1) is 10.7. The van der Waals surface area contributed by atoms with Gasteiger partial charge in [-0.1, -0.05) is 5.92 Å². The molecule has 2 N–H and O–H groups in total. The van der Waals surface area contributed by atoms with E-state index >= 15 is 0 Å². The maximum atomic E-state index is 12.0. The number of nitrogens with zero attached hydrogens (tertiary/aromatic N) is 3. The molecular weight excluding hydrogens is 360 g/mol. The highest BCUT2D eigenvalue weighted by molar-refractivity contribution is 9.10. The number of anilines is 1. The third-order valence-corrected chi connectivity index (χ3v) is 3.69. The van der Waals surface area contributed by atoms with E-state index < -0.39 is 5.60 Å². The van der Waals surface area contributed by atoms with E-state index in [0.29, 0.717) is 29.2 Å². The predicted octanol–water partition coefficient (Wildman–Crippen LogP) is 2.82. The van der Waals surface area contributed by atoms with Gasteiger partial charge in [0.15, 0.2) is 11.5 Å². The zero-order valence-electron chi connectivity index (χ0n) is 13.6. The summed E-state index contributed by atoms with van der Waals surface area (Å²) in [5.41, 5.74) is 5.77. The number of likely N-dealkylation sites (tertiary alicyclic amines) is 1. The van der Waals surface area contributed by atoms with Gasteiger partial charge in [0.05, 0.1) is 6.20 Å². The first-order valence-corrected chi connectivity index (χ1v) is 8.31. The van der Waals surface area contributed by atoms with Gasteiger partial charge in [-0.05, 0) is 55.5 Å². The Hall–Kier alpha value is -1.81. The van der Waals surface area contributed by atoms with Crippen LogP contribution in [0, 0.1) is 17.8 Å². The molecule has 124 valence electrons. The van der Waals surface area contributed by atoms with E-state index in [0.717, 1.165) is 12.8 Å². The van der Waals surface area contributed by atoms with E-state index in [1.54, 1.807) is 11.1 Å². The molecule has 0 aliphatic carbocycles. The first-order valence-electron chi connectivity index (χ1n) is 7.52. The summed E-state index contributed by atoms with van der Waals surface area (Å²) < 4.78 is 5.99. The number of hydrogen-bond acceptors (Lipinski definition) is 5. The van der Waals surface area contributed by atoms with Gasteiger partial charge in [0.1, 0.15) is 10.2 Å². The van der Waals surface area contributed by atoms with Crippen molar-refractivity contribution in [1.29, 1.82) is 0 Å². The molecule has 7 heteroatoms. The van der Waals surface area contributed by atoms with Gasteiger partial charge in [-0.15, -0.1) is 0 Å². The van der Waals surface area contributed by atoms with Crippen LogP contribution in [0.1, 0.15) is 39.3 Å². The maximum absolute atomic E-state index is 12.0. The largest absolute Gasteiger partial charge is 0.444 e. The van der Waals surface area contributed by atoms with Crippen molar-refractivity contribution in [1.82, 2.24) is 14.9 Å². The number of nitrogen functional groups attached to an aromatic ring is 1. The summed E-state index contributed by atoms with van der Waals surface area (Å²) >= 11 is 3.25. The molecule has 1 aromatic rings. The number of halogens is 1. The van der Waals surface area contributed by atoms with Crippen LogP contribution in [0.15, 0.2) is 10.8 Å². The minimum absolute atomic E-state index is 0.217. The molecule has 6 nitrogen and oxygen atoms in total. The van der Waals surface area contributed by atoms with Gasteiger partial charge in [0, 0.05) is 19.0 Å². The molecule has 0 unspecified atom stereocenters. The molecule has 1 fully saturated rings. The Morgan fingerprint density at radius 3 is 2.70 bits per heavy atom. The fourth-order valence-corrected chi connectivity index (χ4v) is 2.45. The summed E-state index contributed by atoms with van der Waals surface area (Å²) in [5, 5.41) is 0. The maximum Gasteiger partial charge on any atom is 0.410 e. The standard InChI is InChI=1S/C16H21BrN4O2/c1-16(2,3)23-15(22)21-8-6-11(7-9-21)4-5-12-14(18)19-10-13(17)20-12/h10-11H,6-9H2,1-3H3,(H2,18,19). The molecule has 0 atom stereocenters. The normalized spacial score (nSPS) is 15.7. The molecule has 1 aromatic heterocycles. The van der Waals surface area contributed by atoms with Crippen LogP contribution in [0.3, 0.4) is 0 Å². The lowest BCUT2D eigenvalue weighted by Gasteiger charge is -2.31. The molecule has 0 aromatic carbocycles. The van der Waals surface area contributed by atoms with E-state index in [4.69, 9.17) is 10.5 Å². The predicted molar refractivity (Wildman–Crippen MR) is 91.6 cm³/mol. The summed E-state index contributed by atoms with van der Waals surface area (Å²) in [7, 11) is 0. The van der Waals surface area contributed by atoms with E-state index in [9.17, 15) is 4.79 Å². The van der Waals surface area contributed by atoms with Crippen LogP contribution in [0.25, 0.3) is 0 Å². The van der Waals surface area contributed by atoms with Gasteiger partial charge in [-0.3, -0.25) is 0 Å². The van der Waals surface area contributed by atoms with Crippen molar-refractivity contribution in [3.63, 3.8) is 0 Å². The second-order valence-corrected chi connectivity index (χ2v) is 7.25. The first kappa shape index (κ1) is 17.5. The summed E-state index contributed by atoms with van der Waals surface area (Å²) in [6.07, 6.45) is 2.91. The Labute approximate surface area is 144 Å². The van der Waals surface area contributed by atoms with Crippen molar-refractivity contribution in [3.05, 3.63) is 16.5 Å². The van der Waals surface area contributed by atoms with Crippen molar-refractivity contribution in [3.8, 4) is 11.8 Å². The minimum Gasteiger partial charge on any atom is -0.444 e. The zero-order valence-corrected chi connectivity index (χ0v) is 15.2. The summed E-state index contributed by atoms with van der Waals surface area (Å²) in [4.78, 5) is 22.0. The topological polar surface area (TPSA) is 81.3 Å². The van der Waals surface area contributed by atoms with Crippen molar-refractivity contribution >= 4 is 27.8 Å². The average molecular weight is 381 g/mol. The molecule has 1 aliphatic heterocycles. The van der Waals surface area contributed by atoms with Crippen molar-refractivity contribution in [2.45, 2.75) is 39.2 Å². The Morgan fingerprint density at radius 1 is 1.43 bits per heavy atom. The molecule has 0 bridgehead atoms. The Kier molecular flexibility index (Phi) is 5.47. The monoisotopic (exact) mass is 380 g/mol. The number of piperidine rings is 1. The number of rotatable bonds is 0. The fourth-order valence-electron chi connectivity index (χ4n) is 2.17. The lowest BCUT2D eigenvalue weighted by atomic mass is 9.97. The minimum atomic E-state index is -0.468. The number of carbonyl (C=O) groups excluding carboxylic acids is 1. The molecule has 2 heterocycles. The second kappa shape index (κ2) is 7.18. The Balaban J connectivity index is 1.92. The molecule has 2 rings (SSSR count). The van der Waals surface area contributed by atoms with Crippen molar-refractivity contribution in [2.24, 2.45) is 5.92 Å². The van der Waals surface area contributed by atoms with Gasteiger partial charge in [0.2, 0.25) is 0 Å². The zero-order chi connectivity index (χ0) is 17.0. The highest BCUT2D eigenvalue weighted by Crippen LogP contribution is 2.19. The van der Waals surface area contributed by atoms with Crippen LogP contribution < -0.4 is 5.73 Å². The molecule has 1 saturated heterocycles. The quantitative estimate of drug-likeness (QED) is 0.699. The van der Waals surface area contributed by atoms with Gasteiger partial charge < -0.3 is 15.4 Å². The molecule has 0 radical (unpaired) electrons. The number of carbonyl (C=O) groups is 1. The second-order valence-electron chi connectivity index (χ2n) is 6.44. The van der Waals surface area contributed by atoms with E-state index in [2.05, 4.69) is 37.7 Å². The summed E-state index contributed by atoms with van der Waals surface area (Å²) in [5.74, 6) is 6.72. The number of nitrogens with two attached hydrogens (primary N) is 1. The van der Waals surface area contributed by atoms with Gasteiger partial charge in [-0.25, -0.2) is 14.8 Å². The third kappa shape index (κ3) is 5.39. The van der Waals surface area contributed by atoms with Crippen molar-refractivity contribution in [2.75, 3.05) is 18.8 Å². The highest BCUT2D eigenvalue weighted by atomic mass is 79.9. The number of aromatic nitrogens is 2. The summed E-state index contributed by atoms with van der Waals surface area (Å²) in [6, 6.07) is 0. The Morgan fingerprint density at radius 2 is 2.09 bits per heavy atom. The fraction of sp³-hybridized carbons (Fsp3) is 0.562. The Bertz CT molecular complexity index is 638. The molecule has 0 saturated carbocycles. The van der Waals surface area contributed by atoms with Crippen LogP contribution in [0.5, 0.6) is 0 Å². The smallest absolute Gasteiger partial charge is 0.410 e. The van der Waals surface area contributed by atoms with E-state index in [1.165, 1.54) is 0 Å². The highest BCUT2D eigenvalue weighted by Gasteiger charge is 2.26. The van der Waals surface area contributed by atoms with Crippen molar-refractivity contribution < 1.29 is 9.53 Å². The van der Waals surface area contributed by atoms with Gasteiger partial charge in [0.25, 0.3) is 0 Å². The average Bonchev–Trinajstić information content (AvgIpc) is 2.47. The lowest BCUT2D eigenvalue weighted by Crippen LogP contribution is -2.41. The van der Waals surface area contributed by atoms with Gasteiger partial charge >= 0.3 is 6.09 Å². The molecular formula is C16H21BrN4O2. The molecule has 1 aliphatic rings. The SMILES string of the molecule is CC(C)(C)OC(=O)N1CCC(C#Cc2nc(Br)cnc2N)CC1. The molecule has 23 heavy (non-hydrogen) atoms. The van der Waals surface area contributed by atoms with E-state index in [-0.39, 0.29) is 12.0 Å². The van der Waals surface area contributed by atoms with Crippen LogP contribution >= 0.6 is 15.9 Å². The lowest BCUT2D eigenvalue weighted by molar-refractivity contribution is 0.0199. The van der Waals surface area contributed by atoms with Gasteiger partial charge in [-0.2, -0.15) is 0 Å². The number of amides is 1. The molecule has 0 spiro atoms. The number of hydrogen-bond donors (Lipinski definition) is 1.